The first-order valence-corrected chi connectivity index (χ1v) is 8.17. The second-order valence-electron chi connectivity index (χ2n) is 5.10. The lowest BCUT2D eigenvalue weighted by atomic mass is 10.0. The fourth-order valence-corrected chi connectivity index (χ4v) is 3.72. The highest BCUT2D eigenvalue weighted by atomic mass is 35.5. The maximum Gasteiger partial charge on any atom is 0.219 e. The van der Waals surface area contributed by atoms with E-state index in [2.05, 4.69) is 14.1 Å². The van der Waals surface area contributed by atoms with E-state index in [1.54, 1.807) is 13.0 Å². The summed E-state index contributed by atoms with van der Waals surface area (Å²) < 4.78 is 8.48. The molecule has 1 fully saturated rings. The fourth-order valence-electron chi connectivity index (χ4n) is 2.55. The van der Waals surface area contributed by atoms with Crippen molar-refractivity contribution in [3.8, 4) is 0 Å². The van der Waals surface area contributed by atoms with Crippen LogP contribution in [0.5, 0.6) is 0 Å². The van der Waals surface area contributed by atoms with E-state index in [1.165, 1.54) is 0 Å². The Balaban J connectivity index is 1.80. The smallest absolute Gasteiger partial charge is 0.219 e. The molecule has 2 heterocycles. The quantitative estimate of drug-likeness (QED) is 0.906. The van der Waals surface area contributed by atoms with E-state index in [4.69, 9.17) is 23.2 Å². The zero-order valence-corrected chi connectivity index (χ0v) is 13.7. The molecular weight excluding hydrogens is 331 g/mol. The number of halogens is 2. The van der Waals surface area contributed by atoms with Gasteiger partial charge in [-0.15, -0.1) is 0 Å². The first-order valence-electron chi connectivity index (χ1n) is 6.68. The number of anilines is 1. The summed E-state index contributed by atoms with van der Waals surface area (Å²) in [6.07, 6.45) is 1.77. The van der Waals surface area contributed by atoms with Gasteiger partial charge in [-0.2, -0.15) is 8.75 Å². The Morgan fingerprint density at radius 1 is 1.29 bits per heavy atom. The van der Waals surface area contributed by atoms with Crippen LogP contribution >= 0.6 is 34.9 Å². The molecule has 0 aliphatic carbocycles. The van der Waals surface area contributed by atoms with Crippen molar-refractivity contribution in [2.24, 2.45) is 0 Å². The Morgan fingerprint density at radius 3 is 2.62 bits per heavy atom. The molecule has 0 saturated carbocycles. The lowest BCUT2D eigenvalue weighted by Crippen LogP contribution is -2.41. The average Bonchev–Trinajstić information content (AvgIpc) is 2.93. The minimum atomic E-state index is 0.129. The van der Waals surface area contributed by atoms with Crippen LogP contribution in [0.4, 0.5) is 5.69 Å². The molecule has 1 aromatic heterocycles. The summed E-state index contributed by atoms with van der Waals surface area (Å²) in [5.41, 5.74) is 2.17. The SMILES string of the molecule is CC(=O)N1CCC(Nc2c(Cl)cc(Cl)c3nsnc23)CC1. The molecule has 3 rings (SSSR count). The highest BCUT2D eigenvalue weighted by Gasteiger charge is 2.23. The van der Waals surface area contributed by atoms with Crippen LogP contribution in [0.1, 0.15) is 19.8 Å². The van der Waals surface area contributed by atoms with E-state index in [9.17, 15) is 4.79 Å². The normalized spacial score (nSPS) is 16.4. The third-order valence-corrected chi connectivity index (χ3v) is 4.85. The summed E-state index contributed by atoms with van der Waals surface area (Å²) in [4.78, 5) is 13.2. The van der Waals surface area contributed by atoms with Crippen molar-refractivity contribution < 1.29 is 4.79 Å². The predicted molar refractivity (Wildman–Crippen MR) is 86.3 cm³/mol. The number of carbonyl (C=O) groups excluding carboxylic acids is 1. The van der Waals surface area contributed by atoms with Crippen molar-refractivity contribution in [1.82, 2.24) is 13.6 Å². The van der Waals surface area contributed by atoms with Gasteiger partial charge in [0.1, 0.15) is 11.0 Å². The lowest BCUT2D eigenvalue weighted by molar-refractivity contribution is -0.129. The third kappa shape index (κ3) is 2.93. The molecule has 21 heavy (non-hydrogen) atoms. The van der Waals surface area contributed by atoms with Crippen molar-refractivity contribution in [2.75, 3.05) is 18.4 Å². The van der Waals surface area contributed by atoms with Gasteiger partial charge >= 0.3 is 0 Å². The van der Waals surface area contributed by atoms with Gasteiger partial charge in [-0.1, -0.05) is 23.2 Å². The third-order valence-electron chi connectivity index (χ3n) is 3.73. The number of amides is 1. The first kappa shape index (κ1) is 14.8. The highest BCUT2D eigenvalue weighted by Crippen LogP contribution is 2.36. The molecular formula is C13H14Cl2N4OS. The van der Waals surface area contributed by atoms with Gasteiger partial charge in [-0.25, -0.2) is 0 Å². The molecule has 8 heteroatoms. The van der Waals surface area contributed by atoms with Gasteiger partial charge in [0.25, 0.3) is 0 Å². The molecule has 0 atom stereocenters. The number of nitrogens with one attached hydrogen (secondary N) is 1. The summed E-state index contributed by atoms with van der Waals surface area (Å²) in [5.74, 6) is 0.129. The van der Waals surface area contributed by atoms with Gasteiger partial charge in [0.05, 0.1) is 27.5 Å². The van der Waals surface area contributed by atoms with Gasteiger partial charge in [0, 0.05) is 26.1 Å². The lowest BCUT2D eigenvalue weighted by Gasteiger charge is -2.32. The molecule has 0 spiro atoms. The number of aromatic nitrogens is 2. The molecule has 0 bridgehead atoms. The number of likely N-dealkylation sites (tertiary alicyclic amines) is 1. The molecule has 1 aliphatic rings. The molecule has 1 aromatic carbocycles. The van der Waals surface area contributed by atoms with Gasteiger partial charge in [0.15, 0.2) is 0 Å². The van der Waals surface area contributed by atoms with E-state index in [0.29, 0.717) is 21.1 Å². The number of hydrogen-bond donors (Lipinski definition) is 1. The van der Waals surface area contributed by atoms with Crippen molar-refractivity contribution in [1.29, 1.82) is 0 Å². The average molecular weight is 345 g/mol. The van der Waals surface area contributed by atoms with E-state index >= 15 is 0 Å². The summed E-state index contributed by atoms with van der Waals surface area (Å²) in [6.45, 7) is 3.13. The summed E-state index contributed by atoms with van der Waals surface area (Å²) >= 11 is 13.5. The molecule has 1 saturated heterocycles. The second-order valence-corrected chi connectivity index (χ2v) is 6.44. The number of fused-ring (bicyclic) bond motifs is 1. The van der Waals surface area contributed by atoms with Crippen molar-refractivity contribution in [3.05, 3.63) is 16.1 Å². The number of nitrogens with zero attached hydrogens (tertiary/aromatic N) is 3. The topological polar surface area (TPSA) is 58.1 Å². The molecule has 0 radical (unpaired) electrons. The number of rotatable bonds is 2. The molecule has 1 amide bonds. The highest BCUT2D eigenvalue weighted by molar-refractivity contribution is 7.00. The monoisotopic (exact) mass is 344 g/mol. The van der Waals surface area contributed by atoms with Crippen LogP contribution < -0.4 is 5.32 Å². The van der Waals surface area contributed by atoms with Crippen LogP contribution in [0.15, 0.2) is 6.07 Å². The number of carbonyl (C=O) groups is 1. The minimum absolute atomic E-state index is 0.129. The Bertz CT molecular complexity index is 682. The Morgan fingerprint density at radius 2 is 1.95 bits per heavy atom. The zero-order chi connectivity index (χ0) is 15.0. The summed E-state index contributed by atoms with van der Waals surface area (Å²) in [7, 11) is 0. The Kier molecular flexibility index (Phi) is 4.19. The first-order chi connectivity index (χ1) is 10.1. The van der Waals surface area contributed by atoms with Gasteiger partial charge < -0.3 is 10.2 Å². The maximum absolute atomic E-state index is 11.3. The Labute approximate surface area is 136 Å². The minimum Gasteiger partial charge on any atom is -0.379 e. The molecule has 1 aliphatic heterocycles. The van der Waals surface area contributed by atoms with Crippen molar-refractivity contribution in [3.63, 3.8) is 0 Å². The number of hydrogen-bond acceptors (Lipinski definition) is 5. The van der Waals surface area contributed by atoms with E-state index < -0.39 is 0 Å². The van der Waals surface area contributed by atoms with Crippen LogP contribution in [-0.4, -0.2) is 38.7 Å². The number of benzene rings is 1. The van der Waals surface area contributed by atoms with E-state index in [0.717, 1.165) is 43.3 Å². The van der Waals surface area contributed by atoms with Gasteiger partial charge in [0.2, 0.25) is 5.91 Å². The number of piperidine rings is 1. The molecule has 1 N–H and O–H groups in total. The van der Waals surface area contributed by atoms with Crippen molar-refractivity contribution >= 4 is 57.6 Å². The van der Waals surface area contributed by atoms with Gasteiger partial charge in [-0.3, -0.25) is 4.79 Å². The van der Waals surface area contributed by atoms with E-state index in [-0.39, 0.29) is 11.9 Å². The molecule has 5 nitrogen and oxygen atoms in total. The summed E-state index contributed by atoms with van der Waals surface area (Å²) in [6, 6.07) is 1.96. The maximum atomic E-state index is 11.3. The van der Waals surface area contributed by atoms with Crippen LogP contribution in [0, 0.1) is 0 Å². The second kappa shape index (κ2) is 5.94. The van der Waals surface area contributed by atoms with Gasteiger partial charge in [-0.05, 0) is 18.9 Å². The molecule has 112 valence electrons. The molecule has 0 unspecified atom stereocenters. The summed E-state index contributed by atoms with van der Waals surface area (Å²) in [5, 5.41) is 4.51. The standard InChI is InChI=1S/C13H14Cl2N4OS/c1-7(20)19-4-2-8(3-5-19)16-11-9(14)6-10(15)12-13(11)18-21-17-12/h6,8,16H,2-5H2,1H3. The van der Waals surface area contributed by atoms with Crippen LogP contribution in [0.3, 0.4) is 0 Å². The van der Waals surface area contributed by atoms with Crippen molar-refractivity contribution in [2.45, 2.75) is 25.8 Å². The fraction of sp³-hybridized carbons (Fsp3) is 0.462. The van der Waals surface area contributed by atoms with Crippen LogP contribution in [-0.2, 0) is 4.79 Å². The zero-order valence-electron chi connectivity index (χ0n) is 11.4. The van der Waals surface area contributed by atoms with E-state index in [1.807, 2.05) is 4.90 Å². The predicted octanol–water partition coefficient (Wildman–Crippen LogP) is 3.42. The Hall–Kier alpha value is -1.11. The van der Waals surface area contributed by atoms with Crippen LogP contribution in [0.25, 0.3) is 11.0 Å². The molecule has 2 aromatic rings. The van der Waals surface area contributed by atoms with Crippen LogP contribution in [0.2, 0.25) is 10.0 Å². The largest absolute Gasteiger partial charge is 0.379 e.